The van der Waals surface area contributed by atoms with Crippen LogP contribution in [0.4, 0.5) is 5.82 Å². The largest absolute Gasteiger partial charge is 0.538 e. The highest BCUT2D eigenvalue weighted by Crippen LogP contribution is 2.60. The summed E-state index contributed by atoms with van der Waals surface area (Å²) in [4.78, 5) is 58.0. The number of aliphatic hydroxyl groups excluding tert-OH is 2. The van der Waals surface area contributed by atoms with Gasteiger partial charge in [0.05, 0.1) is 52.6 Å². The molecule has 3 heterocycles. The van der Waals surface area contributed by atoms with E-state index < -0.39 is 65.1 Å². The van der Waals surface area contributed by atoms with E-state index in [0.29, 0.717) is 26.4 Å². The van der Waals surface area contributed by atoms with E-state index in [2.05, 4.69) is 43.7 Å². The number of phosphoric ester groups is 2. The number of phosphoric acid groups is 2. The second kappa shape index (κ2) is 19.7. The molecule has 0 aliphatic carbocycles. The van der Waals surface area contributed by atoms with Crippen molar-refractivity contribution in [2.75, 3.05) is 65.1 Å². The zero-order valence-electron chi connectivity index (χ0n) is 25.8. The molecule has 0 saturated carbocycles. The molecular formula is C23H37N9O15P2. The van der Waals surface area contributed by atoms with Gasteiger partial charge in [0.2, 0.25) is 5.91 Å². The lowest BCUT2D eigenvalue weighted by atomic mass is 10.1. The number of fused-ring (bicyclic) bond motifs is 1. The smallest absolute Gasteiger partial charge is 0.387 e. The second-order valence-corrected chi connectivity index (χ2v) is 12.9. The molecule has 6 atom stereocenters. The maximum absolute atomic E-state index is 12.3. The first-order valence-corrected chi connectivity index (χ1v) is 17.5. The minimum Gasteiger partial charge on any atom is -0.387 e. The summed E-state index contributed by atoms with van der Waals surface area (Å²) in [5, 5.41) is 26.7. The number of aromatic nitrogens is 4. The van der Waals surface area contributed by atoms with E-state index >= 15 is 0 Å². The Labute approximate surface area is 277 Å². The molecule has 6 unspecified atom stereocenters. The van der Waals surface area contributed by atoms with Crippen LogP contribution in [0.1, 0.15) is 25.5 Å². The van der Waals surface area contributed by atoms with E-state index in [1.807, 2.05) is 0 Å². The number of nitrogens with two attached hydrogens (primary N) is 1. The zero-order chi connectivity index (χ0) is 35.9. The molecule has 49 heavy (non-hydrogen) atoms. The highest BCUT2D eigenvalue weighted by Gasteiger charge is 2.46. The summed E-state index contributed by atoms with van der Waals surface area (Å²) in [6.45, 7) is 1.21. The molecule has 7 N–H and O–H groups in total. The predicted octanol–water partition coefficient (Wildman–Crippen LogP) is -0.548. The summed E-state index contributed by atoms with van der Waals surface area (Å²) in [5.41, 5.74) is 14.2. The maximum Gasteiger partial charge on any atom is 0.538 e. The Morgan fingerprint density at radius 3 is 2.43 bits per heavy atom. The monoisotopic (exact) mass is 741 g/mol. The Morgan fingerprint density at radius 2 is 1.71 bits per heavy atom. The van der Waals surface area contributed by atoms with Crippen molar-refractivity contribution < 1.29 is 71.0 Å². The second-order valence-electron chi connectivity index (χ2n) is 9.90. The highest BCUT2D eigenvalue weighted by atomic mass is 31.3. The summed E-state index contributed by atoms with van der Waals surface area (Å²) >= 11 is 0. The lowest BCUT2D eigenvalue weighted by Gasteiger charge is -2.19. The first kappa shape index (κ1) is 40.1. The number of rotatable bonds is 23. The molecule has 0 spiro atoms. The van der Waals surface area contributed by atoms with Crippen LogP contribution < -0.4 is 11.1 Å². The molecular weight excluding hydrogens is 704 g/mol. The number of aliphatic hydroxyl groups is 2. The predicted molar refractivity (Wildman–Crippen MR) is 162 cm³/mol. The lowest BCUT2D eigenvalue weighted by Crippen LogP contribution is -2.33. The van der Waals surface area contributed by atoms with Gasteiger partial charge in [-0.3, -0.25) is 23.6 Å². The van der Waals surface area contributed by atoms with Crippen LogP contribution in [0.15, 0.2) is 17.8 Å². The number of nitrogens with zero attached hydrogens (tertiary/aromatic N) is 7. The van der Waals surface area contributed by atoms with Crippen molar-refractivity contribution in [1.82, 2.24) is 24.8 Å². The van der Waals surface area contributed by atoms with Crippen LogP contribution in [0.5, 0.6) is 0 Å². The van der Waals surface area contributed by atoms with Gasteiger partial charge < -0.3 is 49.6 Å². The molecule has 1 amide bonds. The number of nitrogens with one attached hydrogen (secondary N) is 1. The van der Waals surface area contributed by atoms with E-state index in [1.54, 1.807) is 0 Å². The maximum atomic E-state index is 12.3. The molecule has 1 aliphatic heterocycles. The van der Waals surface area contributed by atoms with Crippen molar-refractivity contribution in [3.8, 4) is 0 Å². The average molecular weight is 742 g/mol. The quantitative estimate of drug-likeness (QED) is 0.0273. The minimum atomic E-state index is -5.48. The molecule has 0 bridgehead atoms. The Morgan fingerprint density at radius 1 is 1.02 bits per heavy atom. The summed E-state index contributed by atoms with van der Waals surface area (Å²) in [6.07, 6.45) is -4.37. The van der Waals surface area contributed by atoms with Crippen LogP contribution in [0.2, 0.25) is 0 Å². The van der Waals surface area contributed by atoms with E-state index in [-0.39, 0.29) is 56.1 Å². The molecule has 1 fully saturated rings. The number of carbonyl (C=O) groups excluding carboxylic acids is 2. The summed E-state index contributed by atoms with van der Waals surface area (Å²) < 4.78 is 60.0. The molecule has 26 heteroatoms. The molecule has 24 nitrogen and oxygen atoms in total. The van der Waals surface area contributed by atoms with Crippen LogP contribution in [0.3, 0.4) is 0 Å². The van der Waals surface area contributed by atoms with Gasteiger partial charge in [-0.25, -0.2) is 24.1 Å². The Bertz CT molecular complexity index is 1530. The van der Waals surface area contributed by atoms with E-state index in [0.717, 1.165) is 6.33 Å². The Hall–Kier alpha value is -3.34. The van der Waals surface area contributed by atoms with Crippen molar-refractivity contribution in [3.05, 3.63) is 23.1 Å². The van der Waals surface area contributed by atoms with Crippen molar-refractivity contribution in [2.24, 2.45) is 5.11 Å². The third-order valence-electron chi connectivity index (χ3n) is 6.32. The summed E-state index contributed by atoms with van der Waals surface area (Å²) in [7, 11) is -10.9. The van der Waals surface area contributed by atoms with E-state index in [9.17, 15) is 38.7 Å². The van der Waals surface area contributed by atoms with E-state index in [4.69, 9.17) is 30.2 Å². The Kier molecular flexibility index (Phi) is 16.2. The standard InChI is InChI=1S/C23H37N9O15P2/c24-21-18-22(28-13-27-21)32(14-29-18)23-20(36)19(35)15(45-23)12-44-48(37,38)47-49(39,40)46-17(34)3-1-2-16(33)26-4-6-41-8-10-43-11-9-42-7-5-30-31-25/h13-15,19-20,23,35-36H,1-12H2,(H,26,33)(H,37,38)(H,39,40)(H2,24,27,28). The van der Waals surface area contributed by atoms with E-state index in [1.165, 1.54) is 10.9 Å². The molecule has 1 saturated heterocycles. The van der Waals surface area contributed by atoms with Crippen molar-refractivity contribution in [3.63, 3.8) is 0 Å². The molecule has 1 aliphatic rings. The van der Waals surface area contributed by atoms with Gasteiger partial charge in [0.1, 0.15) is 30.2 Å². The van der Waals surface area contributed by atoms with Gasteiger partial charge in [-0.1, -0.05) is 5.11 Å². The van der Waals surface area contributed by atoms with Gasteiger partial charge in [-0.2, -0.15) is 4.31 Å². The normalized spacial score (nSPS) is 21.5. The molecule has 2 aromatic heterocycles. The number of carbonyl (C=O) groups is 2. The molecule has 2 aromatic rings. The molecule has 274 valence electrons. The van der Waals surface area contributed by atoms with Crippen LogP contribution in [-0.2, 0) is 51.0 Å². The number of imidazole rings is 1. The van der Waals surface area contributed by atoms with Crippen LogP contribution >= 0.6 is 15.6 Å². The van der Waals surface area contributed by atoms with Gasteiger partial charge in [0.25, 0.3) is 0 Å². The fourth-order valence-corrected chi connectivity index (χ4v) is 6.15. The van der Waals surface area contributed by atoms with Gasteiger partial charge in [0, 0.05) is 30.8 Å². The van der Waals surface area contributed by atoms with Crippen molar-refractivity contribution in [2.45, 2.75) is 43.8 Å². The SMILES string of the molecule is [N-]=[N+]=NCCOCCOCCOCCNC(=O)CCCC(=O)OP(=O)(O)OP(=O)(O)OCC1OC(n2cnc3c(N)ncnc32)C(O)C1O. The van der Waals surface area contributed by atoms with Crippen molar-refractivity contribution in [1.29, 1.82) is 0 Å². The molecule has 0 aromatic carbocycles. The third kappa shape index (κ3) is 13.5. The van der Waals surface area contributed by atoms with Gasteiger partial charge >= 0.3 is 21.6 Å². The van der Waals surface area contributed by atoms with Gasteiger partial charge in [-0.05, 0) is 12.0 Å². The number of hydrogen-bond donors (Lipinski definition) is 6. The highest BCUT2D eigenvalue weighted by molar-refractivity contribution is 7.61. The van der Waals surface area contributed by atoms with Crippen LogP contribution in [-0.4, -0.2) is 129 Å². The summed E-state index contributed by atoms with van der Waals surface area (Å²) in [6, 6.07) is 0. The van der Waals surface area contributed by atoms with Gasteiger partial charge in [0.15, 0.2) is 17.7 Å². The van der Waals surface area contributed by atoms with Crippen molar-refractivity contribution >= 4 is 44.5 Å². The number of azide groups is 1. The lowest BCUT2D eigenvalue weighted by molar-refractivity contribution is -0.135. The number of hydrogen-bond acceptors (Lipinski definition) is 18. The first-order valence-electron chi connectivity index (χ1n) is 14.5. The first-order chi connectivity index (χ1) is 23.3. The zero-order valence-corrected chi connectivity index (χ0v) is 27.6. The number of nitrogen functional groups attached to an aromatic ring is 1. The summed E-state index contributed by atoms with van der Waals surface area (Å²) in [5.74, 6) is -1.70. The molecule has 3 rings (SSSR count). The molecule has 0 radical (unpaired) electrons. The third-order valence-corrected chi connectivity index (χ3v) is 8.88. The van der Waals surface area contributed by atoms with Crippen LogP contribution in [0, 0.1) is 0 Å². The fraction of sp³-hybridized carbons (Fsp3) is 0.696. The number of ether oxygens (including phenoxy) is 4. The number of amides is 1. The Balaban J connectivity index is 1.28. The topological polar surface area (TPSA) is 344 Å². The average Bonchev–Trinajstić information content (AvgIpc) is 3.58. The van der Waals surface area contributed by atoms with Crippen LogP contribution in [0.25, 0.3) is 21.6 Å². The number of anilines is 1. The fourth-order valence-electron chi connectivity index (χ4n) is 4.10. The van der Waals surface area contributed by atoms with Gasteiger partial charge in [-0.15, -0.1) is 0 Å². The minimum absolute atomic E-state index is 0.0481.